The van der Waals surface area contributed by atoms with Gasteiger partial charge in [-0.3, -0.25) is 18.9 Å². The largest absolute Gasteiger partial charge is 0.395 e. The molecule has 16 heteroatoms. The molecular formula is C39H79N4O10PS. The third-order valence-electron chi connectivity index (χ3n) is 9.15. The lowest BCUT2D eigenvalue weighted by Crippen LogP contribution is -2.46. The highest BCUT2D eigenvalue weighted by molar-refractivity contribution is 7.99. The van der Waals surface area contributed by atoms with Crippen LogP contribution in [0.25, 0.3) is 0 Å². The maximum atomic E-state index is 12.8. The minimum Gasteiger partial charge on any atom is -0.395 e. The molecule has 0 bridgehead atoms. The summed E-state index contributed by atoms with van der Waals surface area (Å²) in [5, 5.41) is 17.3. The lowest BCUT2D eigenvalue weighted by Gasteiger charge is -2.20. The van der Waals surface area contributed by atoms with Crippen LogP contribution in [0.15, 0.2) is 0 Å². The molecule has 0 aromatic heterocycles. The van der Waals surface area contributed by atoms with E-state index in [1.54, 1.807) is 0 Å². The lowest BCUT2D eigenvalue weighted by molar-refractivity contribution is -0.126. The van der Waals surface area contributed by atoms with Crippen LogP contribution >= 0.6 is 19.4 Å². The van der Waals surface area contributed by atoms with Crippen LogP contribution in [0.4, 0.5) is 0 Å². The summed E-state index contributed by atoms with van der Waals surface area (Å²) in [5.74, 6) is 0.0436. The molecule has 0 aliphatic carbocycles. The average Bonchev–Trinajstić information content (AvgIpc) is 3.15. The number of aliphatic hydroxyl groups is 1. The molecule has 55 heavy (non-hydrogen) atoms. The van der Waals surface area contributed by atoms with E-state index < -0.39 is 37.7 Å². The van der Waals surface area contributed by atoms with E-state index in [-0.39, 0.29) is 51.5 Å². The van der Waals surface area contributed by atoms with Crippen molar-refractivity contribution in [1.82, 2.24) is 16.0 Å². The maximum Gasteiger partial charge on any atom is 0.333 e. The molecule has 3 amide bonds. The normalized spacial score (nSPS) is 13.3. The highest BCUT2D eigenvalue weighted by Gasteiger charge is 2.28. The van der Waals surface area contributed by atoms with Gasteiger partial charge in [0.05, 0.1) is 58.3 Å². The standard InChI is InChI=1S/C39H79N4O10PS/c1-3-5-7-9-11-13-15-17-19-21-24-52-30-34(43-37(45)22-20-18-16-14-12-10-8-6-4-2)32-55-33-36(40)39(47)42-28-38(46)41-23-25-51-26-27-53-31-35(29-44)54(48,49)50/h34-36,44H,3-33,40H2,1-2H3,(H,41,46)(H,42,47)(H,43,45)(H2,48,49,50)/t34-,35?,36+/m1/s1. The van der Waals surface area contributed by atoms with Crippen LogP contribution < -0.4 is 21.7 Å². The van der Waals surface area contributed by atoms with E-state index in [0.717, 1.165) is 32.1 Å². The Hall–Kier alpha value is -1.29. The van der Waals surface area contributed by atoms with Crippen LogP contribution in [0.5, 0.6) is 0 Å². The van der Waals surface area contributed by atoms with Gasteiger partial charge in [0.15, 0.2) is 0 Å². The maximum absolute atomic E-state index is 12.8. The van der Waals surface area contributed by atoms with Gasteiger partial charge in [0.25, 0.3) is 0 Å². The summed E-state index contributed by atoms with van der Waals surface area (Å²) < 4.78 is 27.6. The molecule has 0 rings (SSSR count). The zero-order valence-corrected chi connectivity index (χ0v) is 36.0. The second-order valence-electron chi connectivity index (χ2n) is 14.4. The van der Waals surface area contributed by atoms with E-state index in [0.29, 0.717) is 31.1 Å². The molecule has 8 N–H and O–H groups in total. The summed E-state index contributed by atoms with van der Waals surface area (Å²) in [4.78, 5) is 55.6. The minimum absolute atomic E-state index is 0.0252. The van der Waals surface area contributed by atoms with Gasteiger partial charge in [-0.2, -0.15) is 11.8 Å². The second-order valence-corrected chi connectivity index (χ2v) is 17.4. The molecule has 0 radical (unpaired) electrons. The fraction of sp³-hybridized carbons (Fsp3) is 0.923. The summed E-state index contributed by atoms with van der Waals surface area (Å²) in [7, 11) is -4.43. The number of hydrogen-bond donors (Lipinski definition) is 7. The number of carbonyl (C=O) groups is 3. The summed E-state index contributed by atoms with van der Waals surface area (Å²) in [6.45, 7) is 4.86. The molecule has 0 heterocycles. The first kappa shape index (κ1) is 53.7. The van der Waals surface area contributed by atoms with Gasteiger partial charge in [0.1, 0.15) is 5.66 Å². The Labute approximate surface area is 336 Å². The number of rotatable bonds is 41. The fourth-order valence-electron chi connectivity index (χ4n) is 5.68. The Morgan fingerprint density at radius 1 is 0.655 bits per heavy atom. The summed E-state index contributed by atoms with van der Waals surface area (Å²) in [6.07, 6.45) is 23.8. The first-order chi connectivity index (χ1) is 26.5. The monoisotopic (exact) mass is 827 g/mol. The SMILES string of the molecule is CCCCCCCCCCCCOC[C@H](CSC[C@H](N)C(=O)NCC(=O)NCCOCCOCC(CO)P(=O)(O)O)NC(=O)CCCCCCCCCCC. The van der Waals surface area contributed by atoms with E-state index in [4.69, 9.17) is 34.8 Å². The van der Waals surface area contributed by atoms with E-state index in [1.807, 2.05) is 0 Å². The quantitative estimate of drug-likeness (QED) is 0.0313. The van der Waals surface area contributed by atoms with E-state index in [2.05, 4.69) is 29.8 Å². The molecule has 0 saturated heterocycles. The second kappa shape index (κ2) is 38.2. The zero-order chi connectivity index (χ0) is 40.8. The fourth-order valence-corrected chi connectivity index (χ4v) is 7.19. The first-order valence-electron chi connectivity index (χ1n) is 21.1. The number of nitrogens with one attached hydrogen (secondary N) is 3. The lowest BCUT2D eigenvalue weighted by atomic mass is 10.1. The van der Waals surface area contributed by atoms with Gasteiger partial charge >= 0.3 is 7.60 Å². The van der Waals surface area contributed by atoms with Crippen molar-refractivity contribution in [2.75, 3.05) is 70.8 Å². The van der Waals surface area contributed by atoms with Crippen LogP contribution in [-0.2, 0) is 33.2 Å². The zero-order valence-electron chi connectivity index (χ0n) is 34.3. The van der Waals surface area contributed by atoms with Gasteiger partial charge in [-0.1, -0.05) is 123 Å². The van der Waals surface area contributed by atoms with E-state index >= 15 is 0 Å². The van der Waals surface area contributed by atoms with Crippen molar-refractivity contribution in [3.63, 3.8) is 0 Å². The number of aliphatic hydroxyl groups excluding tert-OH is 1. The number of unbranched alkanes of at least 4 members (excludes halogenated alkanes) is 17. The van der Waals surface area contributed by atoms with Crippen LogP contribution in [0.1, 0.15) is 142 Å². The molecule has 0 aliphatic rings. The van der Waals surface area contributed by atoms with Crippen molar-refractivity contribution in [2.24, 2.45) is 5.73 Å². The first-order valence-corrected chi connectivity index (χ1v) is 23.9. The number of ether oxygens (including phenoxy) is 3. The summed E-state index contributed by atoms with van der Waals surface area (Å²) in [5.41, 5.74) is 4.83. The topological polar surface area (TPSA) is 219 Å². The van der Waals surface area contributed by atoms with Gasteiger partial charge < -0.3 is 50.8 Å². The van der Waals surface area contributed by atoms with Gasteiger partial charge in [-0.25, -0.2) is 0 Å². The Morgan fingerprint density at radius 2 is 1.18 bits per heavy atom. The minimum atomic E-state index is -4.43. The van der Waals surface area contributed by atoms with Crippen molar-refractivity contribution >= 4 is 37.1 Å². The third kappa shape index (κ3) is 35.6. The van der Waals surface area contributed by atoms with Gasteiger partial charge in [0.2, 0.25) is 17.7 Å². The Morgan fingerprint density at radius 3 is 1.75 bits per heavy atom. The van der Waals surface area contributed by atoms with Gasteiger partial charge in [-0.15, -0.1) is 0 Å². The molecule has 0 saturated carbocycles. The van der Waals surface area contributed by atoms with Crippen LogP contribution in [-0.4, -0.2) is 121 Å². The molecule has 3 atom stereocenters. The van der Waals surface area contributed by atoms with Crippen LogP contribution in [0.3, 0.4) is 0 Å². The van der Waals surface area contributed by atoms with Crippen molar-refractivity contribution in [1.29, 1.82) is 0 Å². The van der Waals surface area contributed by atoms with Crippen molar-refractivity contribution in [3.05, 3.63) is 0 Å². The number of amides is 3. The van der Waals surface area contributed by atoms with Crippen molar-refractivity contribution in [3.8, 4) is 0 Å². The molecule has 0 fully saturated rings. The number of hydrogen-bond acceptors (Lipinski definition) is 10. The van der Waals surface area contributed by atoms with Gasteiger partial charge in [0, 0.05) is 31.1 Å². The number of thioether (sulfide) groups is 1. The highest BCUT2D eigenvalue weighted by atomic mass is 32.2. The van der Waals surface area contributed by atoms with Crippen LogP contribution in [0.2, 0.25) is 0 Å². The predicted octanol–water partition coefficient (Wildman–Crippen LogP) is 5.19. The summed E-state index contributed by atoms with van der Waals surface area (Å²) in [6, 6.07) is -1.02. The molecule has 326 valence electrons. The highest BCUT2D eigenvalue weighted by Crippen LogP contribution is 2.40. The van der Waals surface area contributed by atoms with E-state index in [9.17, 15) is 18.9 Å². The predicted molar refractivity (Wildman–Crippen MR) is 222 cm³/mol. The number of carbonyl (C=O) groups excluding carboxylic acids is 3. The van der Waals surface area contributed by atoms with Crippen LogP contribution in [0, 0.1) is 0 Å². The Balaban J connectivity index is 4.39. The Kier molecular flexibility index (Phi) is 37.3. The smallest absolute Gasteiger partial charge is 0.333 e. The average molecular weight is 827 g/mol. The van der Waals surface area contributed by atoms with Gasteiger partial charge in [-0.05, 0) is 12.8 Å². The molecule has 0 aromatic rings. The molecular weight excluding hydrogens is 747 g/mol. The number of nitrogens with two attached hydrogens (primary N) is 1. The molecule has 14 nitrogen and oxygen atoms in total. The third-order valence-corrected chi connectivity index (χ3v) is 11.6. The van der Waals surface area contributed by atoms with Crippen molar-refractivity contribution in [2.45, 2.75) is 160 Å². The summed E-state index contributed by atoms with van der Waals surface area (Å²) >= 11 is 1.47. The molecule has 0 spiro atoms. The molecule has 1 unspecified atom stereocenters. The Bertz CT molecular complexity index is 981. The molecule has 0 aliphatic heterocycles. The van der Waals surface area contributed by atoms with Crippen molar-refractivity contribution < 1.29 is 48.1 Å². The molecule has 0 aromatic carbocycles. The van der Waals surface area contributed by atoms with E-state index in [1.165, 1.54) is 102 Å².